The van der Waals surface area contributed by atoms with Gasteiger partial charge in [-0.2, -0.15) is 4.39 Å². The molecule has 0 aliphatic rings. The summed E-state index contributed by atoms with van der Waals surface area (Å²) in [6.45, 7) is 6.85. The molecule has 302 valence electrons. The van der Waals surface area contributed by atoms with Crippen molar-refractivity contribution in [1.82, 2.24) is 4.98 Å². The second-order valence-corrected chi connectivity index (χ2v) is 15.5. The quantitative estimate of drug-likeness (QED) is 0.0362. The topological polar surface area (TPSA) is 59.3 Å². The van der Waals surface area contributed by atoms with Gasteiger partial charge in [0.2, 0.25) is 5.82 Å². The number of nitro benzene ring substituents is 1. The second kappa shape index (κ2) is 29.5. The van der Waals surface area contributed by atoms with Gasteiger partial charge < -0.3 is 4.90 Å². The zero-order valence-electron chi connectivity index (χ0n) is 34.5. The SMILES string of the molecule is CCCCCCCCCCCCCCN(CCCCCCCCCCCCCC)c1ccc(/C=C/c2ccc(/C=C/c3ccc([N+](=O)[O-])c(F)c3)nc2)cc1. The van der Waals surface area contributed by atoms with Crippen LogP contribution in [0.2, 0.25) is 0 Å². The normalized spacial score (nSPS) is 11.6. The third kappa shape index (κ3) is 20.6. The van der Waals surface area contributed by atoms with Crippen molar-refractivity contribution in [2.24, 2.45) is 0 Å². The highest BCUT2D eigenvalue weighted by molar-refractivity contribution is 5.72. The van der Waals surface area contributed by atoms with Gasteiger partial charge in [0.1, 0.15) is 0 Å². The Morgan fingerprint density at radius 2 is 0.964 bits per heavy atom. The van der Waals surface area contributed by atoms with Crippen molar-refractivity contribution in [1.29, 1.82) is 0 Å². The van der Waals surface area contributed by atoms with E-state index in [9.17, 15) is 14.5 Å². The number of pyridine rings is 1. The van der Waals surface area contributed by atoms with Gasteiger partial charge in [0.05, 0.1) is 10.6 Å². The molecule has 1 aromatic heterocycles. The van der Waals surface area contributed by atoms with Gasteiger partial charge in [-0.15, -0.1) is 0 Å². The lowest BCUT2D eigenvalue weighted by Crippen LogP contribution is -2.25. The van der Waals surface area contributed by atoms with E-state index in [1.54, 1.807) is 12.2 Å². The van der Waals surface area contributed by atoms with Crippen LogP contribution in [0.4, 0.5) is 15.8 Å². The Kier molecular flexibility index (Phi) is 24.4. The number of nitrogens with zero attached hydrogens (tertiary/aromatic N) is 3. The Morgan fingerprint density at radius 3 is 1.40 bits per heavy atom. The van der Waals surface area contributed by atoms with Crippen LogP contribution in [0, 0.1) is 15.9 Å². The molecule has 0 bridgehead atoms. The van der Waals surface area contributed by atoms with Gasteiger partial charge in [0.25, 0.3) is 0 Å². The van der Waals surface area contributed by atoms with Gasteiger partial charge in [-0.05, 0) is 65.9 Å². The van der Waals surface area contributed by atoms with Crippen molar-refractivity contribution in [2.75, 3.05) is 18.0 Å². The van der Waals surface area contributed by atoms with E-state index in [1.807, 2.05) is 18.3 Å². The van der Waals surface area contributed by atoms with Gasteiger partial charge in [-0.1, -0.05) is 192 Å². The van der Waals surface area contributed by atoms with Crippen LogP contribution in [0.25, 0.3) is 24.3 Å². The molecule has 1 heterocycles. The van der Waals surface area contributed by atoms with Crippen molar-refractivity contribution < 1.29 is 9.31 Å². The lowest BCUT2D eigenvalue weighted by molar-refractivity contribution is -0.387. The molecular formula is C49H72FN3O2. The van der Waals surface area contributed by atoms with E-state index >= 15 is 0 Å². The summed E-state index contributed by atoms with van der Waals surface area (Å²) in [5.74, 6) is -0.847. The predicted molar refractivity (Wildman–Crippen MR) is 236 cm³/mol. The smallest absolute Gasteiger partial charge is 0.304 e. The molecule has 0 unspecified atom stereocenters. The van der Waals surface area contributed by atoms with Crippen LogP contribution in [0.3, 0.4) is 0 Å². The second-order valence-electron chi connectivity index (χ2n) is 15.5. The highest BCUT2D eigenvalue weighted by Crippen LogP contribution is 2.22. The Hall–Kier alpha value is -3.80. The fraction of sp³-hybridized carbons (Fsp3) is 0.571. The third-order valence-corrected chi connectivity index (χ3v) is 10.7. The standard InChI is InChI=1S/C49H72FN3O2/c1-3-5-7-9-11-13-15-17-19-21-23-25-39-52(40-26-24-22-20-18-16-14-12-10-8-6-4-2)47-36-31-43(32-37-47)27-28-45-30-35-46(51-42-45)34-29-44-33-38-49(53(54)55)48(50)41-44/h27-38,41-42H,3-26,39-40H2,1-2H3/b28-27+,34-29+. The number of unbranched alkanes of at least 4 members (excludes halogenated alkanes) is 22. The Morgan fingerprint density at radius 1 is 0.545 bits per heavy atom. The van der Waals surface area contributed by atoms with E-state index < -0.39 is 16.4 Å². The molecule has 5 nitrogen and oxygen atoms in total. The summed E-state index contributed by atoms with van der Waals surface area (Å²) in [7, 11) is 0. The molecule has 0 aliphatic heterocycles. The molecule has 0 fully saturated rings. The molecule has 3 aromatic rings. The average Bonchev–Trinajstić information content (AvgIpc) is 3.19. The minimum atomic E-state index is -0.847. The summed E-state index contributed by atoms with van der Waals surface area (Å²) in [5.41, 5.74) is 4.21. The van der Waals surface area contributed by atoms with Crippen molar-refractivity contribution in [3.8, 4) is 0 Å². The van der Waals surface area contributed by atoms with E-state index in [0.29, 0.717) is 5.56 Å². The molecule has 0 spiro atoms. The molecule has 0 atom stereocenters. The third-order valence-electron chi connectivity index (χ3n) is 10.7. The molecule has 0 radical (unpaired) electrons. The largest absolute Gasteiger partial charge is 0.372 e. The van der Waals surface area contributed by atoms with Crippen molar-refractivity contribution in [3.63, 3.8) is 0 Å². The average molecular weight is 754 g/mol. The first-order chi connectivity index (χ1) is 27.0. The minimum Gasteiger partial charge on any atom is -0.372 e. The number of hydrogen-bond acceptors (Lipinski definition) is 4. The van der Waals surface area contributed by atoms with E-state index in [4.69, 9.17) is 0 Å². The maximum atomic E-state index is 14.0. The Balaban J connectivity index is 1.45. The van der Waals surface area contributed by atoms with Crippen LogP contribution in [0.1, 0.15) is 190 Å². The van der Waals surface area contributed by atoms with E-state index in [0.717, 1.165) is 36.0 Å². The van der Waals surface area contributed by atoms with Gasteiger partial charge in [-0.25, -0.2) is 0 Å². The Bertz CT molecular complexity index is 1460. The predicted octanol–water partition coefficient (Wildman–Crippen LogP) is 15.7. The van der Waals surface area contributed by atoms with Gasteiger partial charge in [-0.3, -0.25) is 15.1 Å². The van der Waals surface area contributed by atoms with Crippen LogP contribution in [-0.4, -0.2) is 23.0 Å². The molecule has 0 saturated carbocycles. The summed E-state index contributed by atoms with van der Waals surface area (Å²) < 4.78 is 14.0. The zero-order chi connectivity index (χ0) is 39.2. The fourth-order valence-electron chi connectivity index (χ4n) is 7.22. The van der Waals surface area contributed by atoms with Crippen molar-refractivity contribution in [3.05, 3.63) is 99.1 Å². The molecule has 0 aliphatic carbocycles. The number of rotatable bonds is 32. The van der Waals surface area contributed by atoms with Crippen LogP contribution < -0.4 is 4.90 Å². The lowest BCUT2D eigenvalue weighted by Gasteiger charge is -2.25. The number of benzene rings is 2. The lowest BCUT2D eigenvalue weighted by atomic mass is 10.0. The van der Waals surface area contributed by atoms with Gasteiger partial charge >= 0.3 is 5.69 Å². The molecule has 6 heteroatoms. The first-order valence-electron chi connectivity index (χ1n) is 22.1. The summed E-state index contributed by atoms with van der Waals surface area (Å²) in [5, 5.41) is 10.9. The monoisotopic (exact) mass is 754 g/mol. The molecule has 0 amide bonds. The van der Waals surface area contributed by atoms with Crippen molar-refractivity contribution >= 4 is 35.7 Å². The first kappa shape index (κ1) is 45.6. The first-order valence-corrected chi connectivity index (χ1v) is 22.1. The van der Waals surface area contributed by atoms with Crippen molar-refractivity contribution in [2.45, 2.75) is 168 Å². The molecule has 55 heavy (non-hydrogen) atoms. The van der Waals surface area contributed by atoms with Crippen LogP contribution in [-0.2, 0) is 0 Å². The molecule has 0 saturated heterocycles. The number of hydrogen-bond donors (Lipinski definition) is 0. The van der Waals surface area contributed by atoms with Gasteiger partial charge in [0.15, 0.2) is 0 Å². The number of nitro groups is 1. The Labute approximate surface area is 334 Å². The van der Waals surface area contributed by atoms with Crippen LogP contribution >= 0.6 is 0 Å². The number of aromatic nitrogens is 1. The van der Waals surface area contributed by atoms with E-state index in [1.165, 1.54) is 172 Å². The summed E-state index contributed by atoms with van der Waals surface area (Å²) in [6.07, 6.45) is 42.6. The zero-order valence-corrected chi connectivity index (χ0v) is 34.5. The number of anilines is 1. The summed E-state index contributed by atoms with van der Waals surface area (Å²) >= 11 is 0. The maximum Gasteiger partial charge on any atom is 0.304 e. The molecule has 2 aromatic carbocycles. The van der Waals surface area contributed by atoms with Gasteiger partial charge in [0, 0.05) is 31.0 Å². The van der Waals surface area contributed by atoms with E-state index in [-0.39, 0.29) is 0 Å². The minimum absolute atomic E-state index is 0.525. The summed E-state index contributed by atoms with van der Waals surface area (Å²) in [6, 6.07) is 16.8. The summed E-state index contributed by atoms with van der Waals surface area (Å²) in [4.78, 5) is 17.3. The van der Waals surface area contributed by atoms with Crippen LogP contribution in [0.5, 0.6) is 0 Å². The molecular weight excluding hydrogens is 682 g/mol. The van der Waals surface area contributed by atoms with E-state index in [2.05, 4.69) is 60.1 Å². The maximum absolute atomic E-state index is 14.0. The fourth-order valence-corrected chi connectivity index (χ4v) is 7.22. The molecule has 3 rings (SSSR count). The highest BCUT2D eigenvalue weighted by Gasteiger charge is 2.13. The van der Waals surface area contributed by atoms with Crippen LogP contribution in [0.15, 0.2) is 60.8 Å². The molecule has 0 N–H and O–H groups in total. The highest BCUT2D eigenvalue weighted by atomic mass is 19.1. The number of halogens is 1.